The second-order valence-corrected chi connectivity index (χ2v) is 8.93. The molecule has 2 aromatic rings. The van der Waals surface area contributed by atoms with Gasteiger partial charge in [0.25, 0.3) is 8.32 Å². The third kappa shape index (κ3) is 3.57. The van der Waals surface area contributed by atoms with Crippen molar-refractivity contribution in [1.29, 1.82) is 0 Å². The van der Waals surface area contributed by atoms with Gasteiger partial charge in [-0.25, -0.2) is 0 Å². The van der Waals surface area contributed by atoms with E-state index in [2.05, 4.69) is 86.2 Å². The van der Waals surface area contributed by atoms with Gasteiger partial charge in [-0.1, -0.05) is 60.7 Å². The fourth-order valence-corrected chi connectivity index (χ4v) is 5.10. The Bertz CT molecular complexity index is 474. The molecule has 0 N–H and O–H groups in total. The zero-order valence-electron chi connectivity index (χ0n) is 12.5. The van der Waals surface area contributed by atoms with Crippen LogP contribution in [0, 0.1) is 0 Å². The lowest BCUT2D eigenvalue weighted by molar-refractivity contribution is 0.261. The Kier molecular flexibility index (Phi) is 5.12. The van der Waals surface area contributed by atoms with E-state index in [4.69, 9.17) is 4.43 Å². The van der Waals surface area contributed by atoms with Crippen LogP contribution in [0.15, 0.2) is 60.7 Å². The molecule has 3 heteroatoms. The van der Waals surface area contributed by atoms with Crippen LogP contribution in [0.1, 0.15) is 0 Å². The van der Waals surface area contributed by atoms with Gasteiger partial charge in [-0.2, -0.15) is 0 Å². The van der Waals surface area contributed by atoms with Crippen molar-refractivity contribution in [2.45, 2.75) is 6.55 Å². The predicted molar refractivity (Wildman–Crippen MR) is 88.3 cm³/mol. The molecule has 0 spiro atoms. The molecule has 0 saturated heterocycles. The smallest absolute Gasteiger partial charge is 0.252 e. The Morgan fingerprint density at radius 3 is 1.70 bits per heavy atom. The average Bonchev–Trinajstić information content (AvgIpc) is 2.48. The van der Waals surface area contributed by atoms with E-state index in [0.717, 1.165) is 13.2 Å². The van der Waals surface area contributed by atoms with Gasteiger partial charge in [-0.3, -0.25) is 0 Å². The molecular formula is C17H23NOSi. The third-order valence-electron chi connectivity index (χ3n) is 3.58. The average molecular weight is 285 g/mol. The van der Waals surface area contributed by atoms with Gasteiger partial charge in [0.2, 0.25) is 0 Å². The Morgan fingerprint density at radius 1 is 0.850 bits per heavy atom. The van der Waals surface area contributed by atoms with Crippen molar-refractivity contribution in [2.75, 3.05) is 27.2 Å². The summed E-state index contributed by atoms with van der Waals surface area (Å²) < 4.78 is 6.41. The number of hydrogen-bond acceptors (Lipinski definition) is 2. The molecule has 0 aliphatic carbocycles. The summed E-state index contributed by atoms with van der Waals surface area (Å²) >= 11 is 0. The highest BCUT2D eigenvalue weighted by Gasteiger charge is 2.33. The lowest BCUT2D eigenvalue weighted by atomic mass is 10.4. The summed E-state index contributed by atoms with van der Waals surface area (Å²) in [5, 5.41) is 2.65. The van der Waals surface area contributed by atoms with E-state index in [1.54, 1.807) is 0 Å². The van der Waals surface area contributed by atoms with Crippen molar-refractivity contribution in [3.63, 3.8) is 0 Å². The molecule has 2 rings (SSSR count). The first-order valence-electron chi connectivity index (χ1n) is 7.02. The van der Waals surface area contributed by atoms with Crippen LogP contribution in [0.5, 0.6) is 0 Å². The highest BCUT2D eigenvalue weighted by Crippen LogP contribution is 2.07. The molecule has 106 valence electrons. The highest BCUT2D eigenvalue weighted by molar-refractivity contribution is 6.96. The number of hydrogen-bond donors (Lipinski definition) is 0. The first-order valence-corrected chi connectivity index (χ1v) is 9.43. The van der Waals surface area contributed by atoms with Gasteiger partial charge in [0, 0.05) is 13.2 Å². The molecule has 0 heterocycles. The van der Waals surface area contributed by atoms with Crippen LogP contribution >= 0.6 is 0 Å². The van der Waals surface area contributed by atoms with Gasteiger partial charge in [-0.05, 0) is 31.0 Å². The summed E-state index contributed by atoms with van der Waals surface area (Å²) in [5.41, 5.74) is 0. The Hall–Kier alpha value is -1.42. The maximum absolute atomic E-state index is 6.41. The van der Waals surface area contributed by atoms with Crippen LogP contribution in [-0.2, 0) is 4.43 Å². The molecule has 0 bridgehead atoms. The van der Waals surface area contributed by atoms with E-state index < -0.39 is 8.32 Å². The normalized spacial score (nSPS) is 11.8. The highest BCUT2D eigenvalue weighted by atomic mass is 28.4. The standard InChI is InChI=1S/C17H23NOSi/c1-18(2)14-15-19-20(3,16-10-6-4-7-11-16)17-12-8-5-9-13-17/h4-13H,14-15H2,1-3H3. The summed E-state index contributed by atoms with van der Waals surface area (Å²) in [5.74, 6) is 0. The van der Waals surface area contributed by atoms with E-state index in [1.807, 2.05) is 0 Å². The summed E-state index contributed by atoms with van der Waals surface area (Å²) in [6.45, 7) is 4.00. The predicted octanol–water partition coefficient (Wildman–Crippen LogP) is 1.95. The summed E-state index contributed by atoms with van der Waals surface area (Å²) in [4.78, 5) is 2.16. The zero-order valence-corrected chi connectivity index (χ0v) is 13.5. The SMILES string of the molecule is CN(C)CCO[Si](C)(c1ccccc1)c1ccccc1. The molecule has 0 radical (unpaired) electrons. The quantitative estimate of drug-likeness (QED) is 0.752. The van der Waals surface area contributed by atoms with E-state index in [0.29, 0.717) is 0 Å². The van der Waals surface area contributed by atoms with Gasteiger partial charge in [0.1, 0.15) is 0 Å². The van der Waals surface area contributed by atoms with Gasteiger partial charge < -0.3 is 9.33 Å². The van der Waals surface area contributed by atoms with Gasteiger partial charge in [-0.15, -0.1) is 0 Å². The van der Waals surface area contributed by atoms with Crippen LogP contribution in [-0.4, -0.2) is 40.5 Å². The molecule has 0 saturated carbocycles. The summed E-state index contributed by atoms with van der Waals surface area (Å²) in [6.07, 6.45) is 0. The van der Waals surface area contributed by atoms with E-state index >= 15 is 0 Å². The van der Waals surface area contributed by atoms with Gasteiger partial charge in [0.15, 0.2) is 0 Å². The fourth-order valence-electron chi connectivity index (χ4n) is 2.28. The minimum absolute atomic E-state index is 0.763. The summed E-state index contributed by atoms with van der Waals surface area (Å²) in [7, 11) is 2.06. The molecule has 2 aromatic carbocycles. The van der Waals surface area contributed by atoms with Crippen molar-refractivity contribution in [2.24, 2.45) is 0 Å². The molecule has 0 fully saturated rings. The fraction of sp³-hybridized carbons (Fsp3) is 0.294. The Balaban J connectivity index is 2.29. The number of nitrogens with zero attached hydrogens (tertiary/aromatic N) is 1. The maximum atomic E-state index is 6.41. The lowest BCUT2D eigenvalue weighted by Crippen LogP contribution is -2.58. The van der Waals surface area contributed by atoms with Crippen LogP contribution in [0.3, 0.4) is 0 Å². The van der Waals surface area contributed by atoms with Crippen LogP contribution in [0.4, 0.5) is 0 Å². The molecular weight excluding hydrogens is 262 g/mol. The molecule has 0 amide bonds. The van der Waals surface area contributed by atoms with E-state index in [-0.39, 0.29) is 0 Å². The number of benzene rings is 2. The number of likely N-dealkylation sites (N-methyl/N-ethyl adjacent to an activating group) is 1. The molecule has 0 aliphatic rings. The minimum Gasteiger partial charge on any atom is -0.407 e. The molecule has 0 aromatic heterocycles. The number of rotatable bonds is 6. The van der Waals surface area contributed by atoms with Crippen LogP contribution < -0.4 is 10.4 Å². The first kappa shape index (κ1) is 15.0. The van der Waals surface area contributed by atoms with Crippen molar-refractivity contribution in [1.82, 2.24) is 4.90 Å². The minimum atomic E-state index is -2.10. The second kappa shape index (κ2) is 6.84. The maximum Gasteiger partial charge on any atom is 0.252 e. The van der Waals surface area contributed by atoms with Crippen molar-refractivity contribution < 1.29 is 4.43 Å². The zero-order chi connectivity index (χ0) is 14.4. The van der Waals surface area contributed by atoms with Crippen molar-refractivity contribution in [3.8, 4) is 0 Å². The Morgan fingerprint density at radius 2 is 1.30 bits per heavy atom. The lowest BCUT2D eigenvalue weighted by Gasteiger charge is -2.29. The topological polar surface area (TPSA) is 12.5 Å². The third-order valence-corrected chi connectivity index (χ3v) is 7.23. The van der Waals surface area contributed by atoms with Gasteiger partial charge >= 0.3 is 0 Å². The van der Waals surface area contributed by atoms with Crippen molar-refractivity contribution in [3.05, 3.63) is 60.7 Å². The first-order chi connectivity index (χ1) is 9.63. The second-order valence-electron chi connectivity index (χ2n) is 5.42. The molecule has 2 nitrogen and oxygen atoms in total. The molecule has 0 aliphatic heterocycles. The van der Waals surface area contributed by atoms with Crippen molar-refractivity contribution >= 4 is 18.7 Å². The van der Waals surface area contributed by atoms with Crippen LogP contribution in [0.25, 0.3) is 0 Å². The molecule has 20 heavy (non-hydrogen) atoms. The van der Waals surface area contributed by atoms with Crippen LogP contribution in [0.2, 0.25) is 6.55 Å². The molecule has 0 atom stereocenters. The Labute approximate surface area is 123 Å². The monoisotopic (exact) mass is 285 g/mol. The molecule has 0 unspecified atom stereocenters. The van der Waals surface area contributed by atoms with E-state index in [1.165, 1.54) is 10.4 Å². The van der Waals surface area contributed by atoms with E-state index in [9.17, 15) is 0 Å². The largest absolute Gasteiger partial charge is 0.407 e. The van der Waals surface area contributed by atoms with Gasteiger partial charge in [0.05, 0.1) is 0 Å². The summed E-state index contributed by atoms with van der Waals surface area (Å²) in [6, 6.07) is 21.3.